The lowest BCUT2D eigenvalue weighted by molar-refractivity contribution is -0.108. The number of hydrogen-bond acceptors (Lipinski definition) is 2. The first-order valence-corrected chi connectivity index (χ1v) is 4.62. The number of carbonyl (C=O) groups is 1. The number of aldehydes is 1. The molecule has 1 atom stereocenters. The number of carbonyl (C=O) groups excluding carboxylic acids is 1. The number of benzene rings is 1. The quantitative estimate of drug-likeness (QED) is 0.722. The van der Waals surface area contributed by atoms with Crippen molar-refractivity contribution in [2.45, 2.75) is 18.9 Å². The van der Waals surface area contributed by atoms with Crippen molar-refractivity contribution in [2.75, 3.05) is 7.05 Å². The molecule has 1 unspecified atom stereocenters. The van der Waals surface area contributed by atoms with E-state index in [0.29, 0.717) is 18.4 Å². The van der Waals surface area contributed by atoms with Gasteiger partial charge in [-0.3, -0.25) is 0 Å². The standard InChI is InChI=1S/C11H14FNO/c1-13-10(6-7-14)8-9-4-2-3-5-11(9)12/h2-5,7,10,13H,6,8H2,1H3. The average Bonchev–Trinajstić information content (AvgIpc) is 2.20. The molecule has 3 heteroatoms. The van der Waals surface area contributed by atoms with Crippen LogP contribution in [0.2, 0.25) is 0 Å². The fraction of sp³-hybridized carbons (Fsp3) is 0.364. The summed E-state index contributed by atoms with van der Waals surface area (Å²) >= 11 is 0. The van der Waals surface area contributed by atoms with E-state index in [1.165, 1.54) is 6.07 Å². The summed E-state index contributed by atoms with van der Waals surface area (Å²) in [5.74, 6) is -0.210. The molecule has 0 fully saturated rings. The van der Waals surface area contributed by atoms with Gasteiger partial charge in [0.15, 0.2) is 0 Å². The van der Waals surface area contributed by atoms with Crippen LogP contribution in [0.25, 0.3) is 0 Å². The molecule has 0 saturated heterocycles. The van der Waals surface area contributed by atoms with Crippen molar-refractivity contribution in [2.24, 2.45) is 0 Å². The third kappa shape index (κ3) is 2.92. The topological polar surface area (TPSA) is 29.1 Å². The number of rotatable bonds is 5. The lowest BCUT2D eigenvalue weighted by Crippen LogP contribution is -2.28. The van der Waals surface area contributed by atoms with Crippen LogP contribution < -0.4 is 5.32 Å². The van der Waals surface area contributed by atoms with Crippen LogP contribution in [0.15, 0.2) is 24.3 Å². The van der Waals surface area contributed by atoms with Crippen LogP contribution >= 0.6 is 0 Å². The van der Waals surface area contributed by atoms with Gasteiger partial charge in [0.2, 0.25) is 0 Å². The Hall–Kier alpha value is -1.22. The Balaban J connectivity index is 2.66. The third-order valence-corrected chi connectivity index (χ3v) is 2.21. The summed E-state index contributed by atoms with van der Waals surface area (Å²) in [4.78, 5) is 10.3. The van der Waals surface area contributed by atoms with Gasteiger partial charge in [0, 0.05) is 12.5 Å². The second-order valence-corrected chi connectivity index (χ2v) is 3.18. The molecule has 1 aromatic carbocycles. The first-order valence-electron chi connectivity index (χ1n) is 4.62. The molecule has 1 rings (SSSR count). The van der Waals surface area contributed by atoms with Crippen molar-refractivity contribution in [1.82, 2.24) is 5.32 Å². The van der Waals surface area contributed by atoms with Gasteiger partial charge in [-0.1, -0.05) is 18.2 Å². The van der Waals surface area contributed by atoms with Crippen molar-refractivity contribution in [3.63, 3.8) is 0 Å². The first-order chi connectivity index (χ1) is 6.77. The zero-order valence-electron chi connectivity index (χ0n) is 8.16. The molecule has 0 aromatic heterocycles. The zero-order chi connectivity index (χ0) is 10.4. The minimum absolute atomic E-state index is 0.0180. The molecule has 76 valence electrons. The lowest BCUT2D eigenvalue weighted by Gasteiger charge is -2.13. The monoisotopic (exact) mass is 195 g/mol. The van der Waals surface area contributed by atoms with Crippen LogP contribution in [0.3, 0.4) is 0 Å². The maximum atomic E-state index is 13.2. The number of hydrogen-bond donors (Lipinski definition) is 1. The Kier molecular flexibility index (Phi) is 4.26. The molecule has 0 heterocycles. The van der Waals surface area contributed by atoms with Crippen LogP contribution in [0.1, 0.15) is 12.0 Å². The SMILES string of the molecule is CNC(CC=O)Cc1ccccc1F. The zero-order valence-corrected chi connectivity index (χ0v) is 8.16. The first kappa shape index (κ1) is 10.9. The van der Waals surface area contributed by atoms with E-state index in [1.807, 2.05) is 0 Å². The number of likely N-dealkylation sites (N-methyl/N-ethyl adjacent to an activating group) is 1. The molecule has 1 aromatic rings. The second kappa shape index (κ2) is 5.50. The van der Waals surface area contributed by atoms with E-state index in [0.717, 1.165) is 6.29 Å². The number of halogens is 1. The minimum Gasteiger partial charge on any atom is -0.316 e. The lowest BCUT2D eigenvalue weighted by atomic mass is 10.0. The molecular weight excluding hydrogens is 181 g/mol. The van der Waals surface area contributed by atoms with E-state index in [4.69, 9.17) is 0 Å². The van der Waals surface area contributed by atoms with Gasteiger partial charge in [0.1, 0.15) is 12.1 Å². The normalized spacial score (nSPS) is 12.4. The van der Waals surface area contributed by atoms with Gasteiger partial charge in [0.05, 0.1) is 0 Å². The van der Waals surface area contributed by atoms with E-state index in [2.05, 4.69) is 5.32 Å². The highest BCUT2D eigenvalue weighted by Gasteiger charge is 2.09. The van der Waals surface area contributed by atoms with Crippen LogP contribution in [0.4, 0.5) is 4.39 Å². The fourth-order valence-corrected chi connectivity index (χ4v) is 1.35. The highest BCUT2D eigenvalue weighted by molar-refractivity contribution is 5.50. The molecule has 0 saturated carbocycles. The second-order valence-electron chi connectivity index (χ2n) is 3.18. The molecule has 14 heavy (non-hydrogen) atoms. The highest BCUT2D eigenvalue weighted by Crippen LogP contribution is 2.09. The Bertz CT molecular complexity index is 301. The van der Waals surface area contributed by atoms with Crippen LogP contribution in [-0.4, -0.2) is 19.4 Å². The summed E-state index contributed by atoms with van der Waals surface area (Å²) in [6.07, 6.45) is 1.80. The maximum Gasteiger partial charge on any atom is 0.126 e. The largest absolute Gasteiger partial charge is 0.316 e. The molecule has 0 aliphatic heterocycles. The van der Waals surface area contributed by atoms with Crippen molar-refractivity contribution in [3.8, 4) is 0 Å². The van der Waals surface area contributed by atoms with Crippen LogP contribution in [0, 0.1) is 5.82 Å². The van der Waals surface area contributed by atoms with E-state index in [-0.39, 0.29) is 11.9 Å². The van der Waals surface area contributed by atoms with E-state index in [1.54, 1.807) is 25.2 Å². The van der Waals surface area contributed by atoms with Crippen LogP contribution in [0.5, 0.6) is 0 Å². The van der Waals surface area contributed by atoms with Gasteiger partial charge in [0.25, 0.3) is 0 Å². The van der Waals surface area contributed by atoms with Gasteiger partial charge in [-0.2, -0.15) is 0 Å². The van der Waals surface area contributed by atoms with Gasteiger partial charge >= 0.3 is 0 Å². The predicted molar refractivity (Wildman–Crippen MR) is 53.6 cm³/mol. The predicted octanol–water partition coefficient (Wildman–Crippen LogP) is 1.55. The Morgan fingerprint density at radius 2 is 2.21 bits per heavy atom. The Morgan fingerprint density at radius 1 is 1.50 bits per heavy atom. The molecule has 0 spiro atoms. The summed E-state index contributed by atoms with van der Waals surface area (Å²) in [6, 6.07) is 6.65. The van der Waals surface area contributed by atoms with Crippen molar-refractivity contribution in [1.29, 1.82) is 0 Å². The van der Waals surface area contributed by atoms with Crippen molar-refractivity contribution < 1.29 is 9.18 Å². The summed E-state index contributed by atoms with van der Waals surface area (Å²) in [6.45, 7) is 0. The van der Waals surface area contributed by atoms with E-state index >= 15 is 0 Å². The summed E-state index contributed by atoms with van der Waals surface area (Å²) in [5, 5.41) is 2.98. The number of nitrogens with one attached hydrogen (secondary N) is 1. The Labute approximate surface area is 83.1 Å². The molecule has 2 nitrogen and oxygen atoms in total. The summed E-state index contributed by atoms with van der Waals surface area (Å²) in [5.41, 5.74) is 0.647. The molecule has 1 N–H and O–H groups in total. The van der Waals surface area contributed by atoms with Gasteiger partial charge in [-0.15, -0.1) is 0 Å². The van der Waals surface area contributed by atoms with Gasteiger partial charge < -0.3 is 10.1 Å². The molecule has 0 aliphatic rings. The molecule has 0 amide bonds. The van der Waals surface area contributed by atoms with Gasteiger partial charge in [-0.25, -0.2) is 4.39 Å². The average molecular weight is 195 g/mol. The highest BCUT2D eigenvalue weighted by atomic mass is 19.1. The summed E-state index contributed by atoms with van der Waals surface area (Å²) in [7, 11) is 1.77. The van der Waals surface area contributed by atoms with E-state index < -0.39 is 0 Å². The summed E-state index contributed by atoms with van der Waals surface area (Å²) < 4.78 is 13.2. The Morgan fingerprint density at radius 3 is 2.79 bits per heavy atom. The smallest absolute Gasteiger partial charge is 0.126 e. The third-order valence-electron chi connectivity index (χ3n) is 2.21. The molecule has 0 radical (unpaired) electrons. The van der Waals surface area contributed by atoms with E-state index in [9.17, 15) is 9.18 Å². The van der Waals surface area contributed by atoms with Gasteiger partial charge in [-0.05, 0) is 25.1 Å². The van der Waals surface area contributed by atoms with Crippen molar-refractivity contribution >= 4 is 6.29 Å². The molecule has 0 aliphatic carbocycles. The minimum atomic E-state index is -0.210. The molecular formula is C11H14FNO. The van der Waals surface area contributed by atoms with Crippen LogP contribution in [-0.2, 0) is 11.2 Å². The van der Waals surface area contributed by atoms with Crippen molar-refractivity contribution in [3.05, 3.63) is 35.6 Å². The molecule has 0 bridgehead atoms. The maximum absolute atomic E-state index is 13.2. The fourth-order valence-electron chi connectivity index (χ4n) is 1.35.